The van der Waals surface area contributed by atoms with Crippen LogP contribution in [0.1, 0.15) is 11.9 Å². The first kappa shape index (κ1) is 20.0. The molecule has 0 aliphatic rings. The Morgan fingerprint density at radius 1 is 1.00 bits per heavy atom. The van der Waals surface area contributed by atoms with Crippen molar-refractivity contribution in [3.63, 3.8) is 0 Å². The number of rotatable bonds is 7. The van der Waals surface area contributed by atoms with Crippen molar-refractivity contribution in [2.45, 2.75) is 6.23 Å². The average Bonchev–Trinajstić information content (AvgIpc) is 3.04. The fourth-order valence-corrected chi connectivity index (χ4v) is 3.60. The number of hydrogen-bond acceptors (Lipinski definition) is 6. The van der Waals surface area contributed by atoms with Crippen molar-refractivity contribution in [2.75, 3.05) is 27.6 Å². The quantitative estimate of drug-likeness (QED) is 0.520. The lowest BCUT2D eigenvalue weighted by Crippen LogP contribution is -2.27. The lowest BCUT2D eigenvalue weighted by atomic mass is 10.0. The molecule has 1 heterocycles. The van der Waals surface area contributed by atoms with Crippen LogP contribution in [0.4, 0.5) is 0 Å². The molecule has 0 saturated heterocycles. The van der Waals surface area contributed by atoms with E-state index in [4.69, 9.17) is 14.2 Å². The number of aliphatic hydroxyl groups is 1. The minimum atomic E-state index is -3.63. The highest BCUT2D eigenvalue weighted by molar-refractivity contribution is 7.88. The van der Waals surface area contributed by atoms with E-state index < -0.39 is 16.3 Å². The van der Waals surface area contributed by atoms with E-state index in [1.54, 1.807) is 31.4 Å². The van der Waals surface area contributed by atoms with Crippen LogP contribution in [0.3, 0.4) is 0 Å². The summed E-state index contributed by atoms with van der Waals surface area (Å²) in [7, 11) is 0.997. The smallest absolute Gasteiger partial charge is 0.211 e. The number of hydrogen-bond donors (Lipinski definition) is 3. The summed E-state index contributed by atoms with van der Waals surface area (Å²) in [6.07, 6.45) is -0.477. The molecule has 28 heavy (non-hydrogen) atoms. The van der Waals surface area contributed by atoms with Gasteiger partial charge in [-0.15, -0.1) is 0 Å². The van der Waals surface area contributed by atoms with Crippen molar-refractivity contribution in [3.05, 3.63) is 42.1 Å². The first-order valence-corrected chi connectivity index (χ1v) is 10.2. The fourth-order valence-electron chi connectivity index (χ4n) is 3.08. The molecule has 0 radical (unpaired) electrons. The highest BCUT2D eigenvalue weighted by Crippen LogP contribution is 2.40. The number of aliphatic hydroxyl groups excluding tert-OH is 1. The Morgan fingerprint density at radius 3 is 2.14 bits per heavy atom. The monoisotopic (exact) mass is 406 g/mol. The lowest BCUT2D eigenvalue weighted by Gasteiger charge is -2.13. The molecule has 0 fully saturated rings. The molecular formula is C19H22N2O6S. The maximum atomic E-state index is 11.6. The SMILES string of the molecule is COc1ccc(-c2c(C(O)NS(C)(=O)=O)[nH]c3cc(OC)c(OC)cc23)cc1. The van der Waals surface area contributed by atoms with Gasteiger partial charge in [0, 0.05) is 17.0 Å². The highest BCUT2D eigenvalue weighted by atomic mass is 32.2. The number of sulfonamides is 1. The van der Waals surface area contributed by atoms with Crippen LogP contribution in [-0.2, 0) is 10.0 Å². The Balaban J connectivity index is 2.27. The van der Waals surface area contributed by atoms with E-state index in [1.165, 1.54) is 14.2 Å². The maximum absolute atomic E-state index is 11.6. The third-order valence-corrected chi connectivity index (χ3v) is 4.96. The topological polar surface area (TPSA) is 110 Å². The molecule has 3 N–H and O–H groups in total. The fraction of sp³-hybridized carbons (Fsp3) is 0.263. The van der Waals surface area contributed by atoms with Crippen molar-refractivity contribution in [1.29, 1.82) is 0 Å². The van der Waals surface area contributed by atoms with Gasteiger partial charge in [0.1, 0.15) is 5.75 Å². The van der Waals surface area contributed by atoms with Crippen molar-refractivity contribution in [3.8, 4) is 28.4 Å². The largest absolute Gasteiger partial charge is 0.497 e. The van der Waals surface area contributed by atoms with Crippen molar-refractivity contribution in [2.24, 2.45) is 0 Å². The van der Waals surface area contributed by atoms with Gasteiger partial charge in [0.2, 0.25) is 10.0 Å². The molecular weight excluding hydrogens is 384 g/mol. The number of methoxy groups -OCH3 is 3. The molecule has 0 aliphatic carbocycles. The minimum absolute atomic E-state index is 0.306. The summed E-state index contributed by atoms with van der Waals surface area (Å²) in [6, 6.07) is 10.7. The van der Waals surface area contributed by atoms with Crippen molar-refractivity contribution < 1.29 is 27.7 Å². The summed E-state index contributed by atoms with van der Waals surface area (Å²) in [4.78, 5) is 3.10. The molecule has 1 atom stereocenters. The molecule has 0 spiro atoms. The summed E-state index contributed by atoms with van der Waals surface area (Å²) in [5.74, 6) is 1.70. The number of aromatic nitrogens is 1. The molecule has 0 aliphatic heterocycles. The van der Waals surface area contributed by atoms with Gasteiger partial charge in [-0.2, -0.15) is 4.72 Å². The first-order valence-electron chi connectivity index (χ1n) is 8.34. The molecule has 1 unspecified atom stereocenters. The summed E-state index contributed by atoms with van der Waals surface area (Å²) in [5.41, 5.74) is 2.37. The Morgan fingerprint density at radius 2 is 1.61 bits per heavy atom. The molecule has 2 aromatic carbocycles. The summed E-state index contributed by atoms with van der Waals surface area (Å²) < 4.78 is 41.4. The van der Waals surface area contributed by atoms with Gasteiger partial charge in [-0.05, 0) is 23.8 Å². The van der Waals surface area contributed by atoms with Gasteiger partial charge in [-0.3, -0.25) is 0 Å². The van der Waals surface area contributed by atoms with Crippen LogP contribution in [-0.4, -0.2) is 46.1 Å². The van der Waals surface area contributed by atoms with Crippen LogP contribution in [0.25, 0.3) is 22.0 Å². The highest BCUT2D eigenvalue weighted by Gasteiger charge is 2.23. The summed E-state index contributed by atoms with van der Waals surface area (Å²) in [5, 5.41) is 11.3. The van der Waals surface area contributed by atoms with E-state index in [2.05, 4.69) is 9.71 Å². The van der Waals surface area contributed by atoms with E-state index in [1.807, 2.05) is 12.1 Å². The molecule has 150 valence electrons. The molecule has 3 rings (SSSR count). The van der Waals surface area contributed by atoms with Crippen molar-refractivity contribution in [1.82, 2.24) is 9.71 Å². The molecule has 0 amide bonds. The second-order valence-electron chi connectivity index (χ2n) is 6.19. The zero-order valence-corrected chi connectivity index (χ0v) is 16.8. The molecule has 0 bridgehead atoms. The predicted molar refractivity (Wildman–Crippen MR) is 106 cm³/mol. The van der Waals surface area contributed by atoms with Gasteiger partial charge < -0.3 is 24.3 Å². The molecule has 0 saturated carbocycles. The Labute approximate surface area is 163 Å². The van der Waals surface area contributed by atoms with E-state index in [0.29, 0.717) is 34.0 Å². The minimum Gasteiger partial charge on any atom is -0.497 e. The number of ether oxygens (including phenoxy) is 3. The zero-order valence-electron chi connectivity index (χ0n) is 15.9. The maximum Gasteiger partial charge on any atom is 0.211 e. The van der Waals surface area contributed by atoms with Gasteiger partial charge in [-0.25, -0.2) is 8.42 Å². The van der Waals surface area contributed by atoms with Gasteiger partial charge in [0.15, 0.2) is 17.7 Å². The molecule has 8 nitrogen and oxygen atoms in total. The van der Waals surface area contributed by atoms with Crippen LogP contribution in [0.2, 0.25) is 0 Å². The first-order chi connectivity index (χ1) is 13.3. The van der Waals surface area contributed by atoms with Gasteiger partial charge in [-0.1, -0.05) is 12.1 Å². The van der Waals surface area contributed by atoms with E-state index in [9.17, 15) is 13.5 Å². The van der Waals surface area contributed by atoms with E-state index in [0.717, 1.165) is 17.2 Å². The number of nitrogens with one attached hydrogen (secondary N) is 2. The Hall–Kier alpha value is -2.75. The number of H-pyrrole nitrogens is 1. The van der Waals surface area contributed by atoms with Gasteiger partial charge in [0.05, 0.1) is 38.8 Å². The van der Waals surface area contributed by atoms with Crippen LogP contribution in [0.15, 0.2) is 36.4 Å². The Bertz CT molecular complexity index is 1090. The molecule has 9 heteroatoms. The third-order valence-electron chi connectivity index (χ3n) is 4.31. The van der Waals surface area contributed by atoms with Crippen LogP contribution >= 0.6 is 0 Å². The summed E-state index contributed by atoms with van der Waals surface area (Å²) in [6.45, 7) is 0. The van der Waals surface area contributed by atoms with Crippen LogP contribution in [0, 0.1) is 0 Å². The normalized spacial score (nSPS) is 12.8. The second-order valence-corrected chi connectivity index (χ2v) is 7.97. The number of benzene rings is 2. The van der Waals surface area contributed by atoms with Gasteiger partial charge in [0.25, 0.3) is 0 Å². The molecule has 1 aromatic heterocycles. The summed E-state index contributed by atoms with van der Waals surface area (Å²) >= 11 is 0. The lowest BCUT2D eigenvalue weighted by molar-refractivity contribution is 0.163. The second kappa shape index (κ2) is 7.70. The van der Waals surface area contributed by atoms with E-state index in [-0.39, 0.29) is 0 Å². The Kier molecular flexibility index (Phi) is 5.50. The van der Waals surface area contributed by atoms with Crippen molar-refractivity contribution >= 4 is 20.9 Å². The molecule has 3 aromatic rings. The average molecular weight is 406 g/mol. The third kappa shape index (κ3) is 3.91. The van der Waals surface area contributed by atoms with E-state index >= 15 is 0 Å². The predicted octanol–water partition coefficient (Wildman–Crippen LogP) is 2.40. The van der Waals surface area contributed by atoms with Crippen LogP contribution in [0.5, 0.6) is 17.2 Å². The standard InChI is InChI=1S/C19H22N2O6S/c1-25-12-7-5-11(6-8-12)17-13-9-15(26-2)16(27-3)10-14(13)20-18(17)19(22)21-28(4,23)24/h5-10,19-22H,1-4H3. The van der Waals surface area contributed by atoms with Crippen LogP contribution < -0.4 is 18.9 Å². The van der Waals surface area contributed by atoms with Gasteiger partial charge >= 0.3 is 0 Å². The number of fused-ring (bicyclic) bond motifs is 1. The zero-order chi connectivity index (χ0) is 20.5. The number of aromatic amines is 1.